The summed E-state index contributed by atoms with van der Waals surface area (Å²) in [5, 5.41) is 19.2. The number of hydrogen-bond donors (Lipinski definition) is 2. The van der Waals surface area contributed by atoms with Gasteiger partial charge in [0.25, 0.3) is 0 Å². The first-order valence-corrected chi connectivity index (χ1v) is 6.39. The zero-order valence-electron chi connectivity index (χ0n) is 12.9. The molecule has 2 rings (SSSR count). The standard InChI is InChI=1S/C7H12N4.C7H6N2O2/c1-5-4-6(11(2)3)10-7(8)9-5;1-4-2-6(10)9-7(11)5(4)3-8/h4H,1-3H3,(H2,8,9,10);2H,1H3,(H2,9,10,11). The lowest BCUT2D eigenvalue weighted by atomic mass is 10.2. The SMILES string of the molecule is Cc1cc(=O)[nH]c([O-])c1C#N.Cc1cc(N(C)C)[nH+]c(N)n1. The van der Waals surface area contributed by atoms with E-state index in [4.69, 9.17) is 11.0 Å². The van der Waals surface area contributed by atoms with Crippen LogP contribution < -0.4 is 26.3 Å². The Balaban J connectivity index is 0.000000220. The number of H-pyrrole nitrogens is 2. The molecule has 22 heavy (non-hydrogen) atoms. The Labute approximate surface area is 127 Å². The van der Waals surface area contributed by atoms with Crippen molar-refractivity contribution >= 4 is 11.8 Å². The first-order chi connectivity index (χ1) is 10.2. The number of anilines is 2. The second-order valence-corrected chi connectivity index (χ2v) is 4.82. The Kier molecular flexibility index (Phi) is 5.46. The molecule has 2 aromatic rings. The van der Waals surface area contributed by atoms with Crippen LogP contribution >= 0.6 is 0 Å². The number of nitrogens with zero attached hydrogens (tertiary/aromatic N) is 3. The summed E-state index contributed by atoms with van der Waals surface area (Å²) >= 11 is 0. The Morgan fingerprint density at radius 2 is 2.05 bits per heavy atom. The van der Waals surface area contributed by atoms with Crippen LogP contribution in [0.4, 0.5) is 11.8 Å². The monoisotopic (exact) mass is 302 g/mol. The van der Waals surface area contributed by atoms with Crippen LogP contribution in [-0.2, 0) is 0 Å². The van der Waals surface area contributed by atoms with Gasteiger partial charge in [-0.3, -0.25) is 4.79 Å². The van der Waals surface area contributed by atoms with Crippen molar-refractivity contribution in [2.75, 3.05) is 24.7 Å². The third-order valence-electron chi connectivity index (χ3n) is 2.70. The van der Waals surface area contributed by atoms with E-state index in [1.54, 1.807) is 13.0 Å². The first kappa shape index (κ1) is 17.0. The van der Waals surface area contributed by atoms with Crippen molar-refractivity contribution < 1.29 is 10.1 Å². The van der Waals surface area contributed by atoms with Crippen LogP contribution in [0.2, 0.25) is 0 Å². The lowest BCUT2D eigenvalue weighted by Gasteiger charge is -2.07. The summed E-state index contributed by atoms with van der Waals surface area (Å²) in [6.45, 7) is 3.46. The van der Waals surface area contributed by atoms with Crippen LogP contribution in [0.3, 0.4) is 0 Å². The van der Waals surface area contributed by atoms with Crippen LogP contribution in [-0.4, -0.2) is 24.1 Å². The lowest BCUT2D eigenvalue weighted by molar-refractivity contribution is -0.350. The fourth-order valence-electron chi connectivity index (χ4n) is 1.65. The molecule has 2 aromatic heterocycles. The predicted octanol–water partition coefficient (Wildman–Crippen LogP) is -0.519. The normalized spacial score (nSPS) is 9.41. The molecule has 0 fully saturated rings. The zero-order valence-corrected chi connectivity index (χ0v) is 12.9. The molecule has 8 nitrogen and oxygen atoms in total. The molecular formula is C14H18N6O2. The topological polar surface area (TPSA) is 136 Å². The summed E-state index contributed by atoms with van der Waals surface area (Å²) in [7, 11) is 3.90. The second-order valence-electron chi connectivity index (χ2n) is 4.82. The number of nitriles is 1. The number of nitrogens with two attached hydrogens (primary N) is 1. The largest absolute Gasteiger partial charge is 0.859 e. The van der Waals surface area contributed by atoms with E-state index in [0.717, 1.165) is 11.5 Å². The fraction of sp³-hybridized carbons (Fsp3) is 0.286. The minimum absolute atomic E-state index is 0.00426. The molecule has 0 aliphatic carbocycles. The highest BCUT2D eigenvalue weighted by atomic mass is 16.3. The summed E-state index contributed by atoms with van der Waals surface area (Å²) in [6.07, 6.45) is 0. The van der Waals surface area contributed by atoms with Gasteiger partial charge in [0.15, 0.2) is 5.82 Å². The van der Waals surface area contributed by atoms with Crippen LogP contribution in [0.15, 0.2) is 16.9 Å². The molecule has 0 spiro atoms. The molecule has 0 saturated heterocycles. The summed E-state index contributed by atoms with van der Waals surface area (Å²) < 4.78 is 0. The molecule has 0 radical (unpaired) electrons. The Bertz CT molecular complexity index is 714. The van der Waals surface area contributed by atoms with Crippen molar-refractivity contribution in [3.05, 3.63) is 39.3 Å². The first-order valence-electron chi connectivity index (χ1n) is 6.39. The molecule has 8 heteroatoms. The van der Waals surface area contributed by atoms with E-state index < -0.39 is 11.4 Å². The number of aryl methyl sites for hydroxylation is 2. The number of nitrogens with one attached hydrogen (secondary N) is 2. The van der Waals surface area contributed by atoms with E-state index in [1.807, 2.05) is 37.0 Å². The van der Waals surface area contributed by atoms with Gasteiger partial charge in [-0.1, -0.05) is 0 Å². The van der Waals surface area contributed by atoms with Gasteiger partial charge in [0.1, 0.15) is 11.8 Å². The predicted molar refractivity (Wildman–Crippen MR) is 80.2 cm³/mol. The van der Waals surface area contributed by atoms with Gasteiger partial charge >= 0.3 is 5.95 Å². The molecule has 4 N–H and O–H groups in total. The summed E-state index contributed by atoms with van der Waals surface area (Å²) in [5.74, 6) is 0.807. The maximum absolute atomic E-state index is 10.8. The number of pyridine rings is 1. The quantitative estimate of drug-likeness (QED) is 0.727. The van der Waals surface area contributed by atoms with Gasteiger partial charge in [0.2, 0.25) is 5.56 Å². The van der Waals surface area contributed by atoms with Crippen molar-refractivity contribution in [1.29, 1.82) is 5.26 Å². The maximum atomic E-state index is 10.8. The highest BCUT2D eigenvalue weighted by Gasteiger charge is 2.04. The Morgan fingerprint density at radius 1 is 1.41 bits per heavy atom. The molecule has 0 atom stereocenters. The van der Waals surface area contributed by atoms with Crippen molar-refractivity contribution in [2.24, 2.45) is 0 Å². The van der Waals surface area contributed by atoms with Gasteiger partial charge in [0.05, 0.1) is 5.56 Å². The van der Waals surface area contributed by atoms with E-state index >= 15 is 0 Å². The maximum Gasteiger partial charge on any atom is 0.342 e. The van der Waals surface area contributed by atoms with Crippen molar-refractivity contribution in [1.82, 2.24) is 9.97 Å². The zero-order chi connectivity index (χ0) is 16.9. The average molecular weight is 302 g/mol. The van der Waals surface area contributed by atoms with Gasteiger partial charge in [-0.2, -0.15) is 5.26 Å². The number of aromatic amines is 2. The van der Waals surface area contributed by atoms with E-state index in [1.165, 1.54) is 6.07 Å². The number of hydrogen-bond acceptors (Lipinski definition) is 6. The van der Waals surface area contributed by atoms with Crippen LogP contribution in [0.1, 0.15) is 16.8 Å². The second kappa shape index (κ2) is 7.08. The van der Waals surface area contributed by atoms with E-state index in [0.29, 0.717) is 11.5 Å². The molecule has 0 amide bonds. The molecule has 0 bridgehead atoms. The van der Waals surface area contributed by atoms with Crippen LogP contribution in [0, 0.1) is 25.2 Å². The smallest absolute Gasteiger partial charge is 0.342 e. The average Bonchev–Trinajstić information content (AvgIpc) is 2.37. The van der Waals surface area contributed by atoms with Crippen LogP contribution in [0.5, 0.6) is 5.88 Å². The van der Waals surface area contributed by atoms with Crippen LogP contribution in [0.25, 0.3) is 0 Å². The van der Waals surface area contributed by atoms with Gasteiger partial charge in [-0.05, 0) is 25.3 Å². The lowest BCUT2D eigenvalue weighted by Crippen LogP contribution is -2.24. The minimum Gasteiger partial charge on any atom is -0.859 e. The highest BCUT2D eigenvalue weighted by Crippen LogP contribution is 2.09. The van der Waals surface area contributed by atoms with Crippen molar-refractivity contribution in [2.45, 2.75) is 13.8 Å². The fourth-order valence-corrected chi connectivity index (χ4v) is 1.65. The molecule has 0 aliphatic heterocycles. The molecule has 116 valence electrons. The molecule has 0 unspecified atom stereocenters. The molecule has 2 heterocycles. The number of aromatic nitrogens is 3. The van der Waals surface area contributed by atoms with E-state index in [9.17, 15) is 9.90 Å². The molecule has 0 saturated carbocycles. The summed E-state index contributed by atoms with van der Waals surface area (Å²) in [6, 6.07) is 4.87. The minimum atomic E-state index is -0.613. The van der Waals surface area contributed by atoms with Gasteiger partial charge in [-0.25, -0.2) is 4.98 Å². The molecular weight excluding hydrogens is 284 g/mol. The molecule has 0 aromatic carbocycles. The highest BCUT2D eigenvalue weighted by molar-refractivity contribution is 5.42. The summed E-state index contributed by atoms with van der Waals surface area (Å²) in [4.78, 5) is 21.5. The molecule has 0 aliphatic rings. The third kappa shape index (κ3) is 4.49. The van der Waals surface area contributed by atoms with Crippen molar-refractivity contribution in [3.63, 3.8) is 0 Å². The van der Waals surface area contributed by atoms with Gasteiger partial charge in [-0.15, -0.1) is 4.98 Å². The Hall–Kier alpha value is -3.08. The number of rotatable bonds is 1. The van der Waals surface area contributed by atoms with Gasteiger partial charge in [0, 0.05) is 26.2 Å². The third-order valence-corrected chi connectivity index (χ3v) is 2.70. The Morgan fingerprint density at radius 3 is 2.50 bits per heavy atom. The van der Waals surface area contributed by atoms with E-state index in [2.05, 4.69) is 9.97 Å². The van der Waals surface area contributed by atoms with E-state index in [-0.39, 0.29) is 5.56 Å². The summed E-state index contributed by atoms with van der Waals surface area (Å²) in [5.41, 5.74) is 6.38. The van der Waals surface area contributed by atoms with Crippen molar-refractivity contribution in [3.8, 4) is 11.9 Å². The number of nitrogen functional groups attached to an aromatic ring is 1. The van der Waals surface area contributed by atoms with Gasteiger partial charge < -0.3 is 20.7 Å².